The molecule has 86 valence electrons. The molecule has 0 spiro atoms. The van der Waals surface area contributed by atoms with E-state index >= 15 is 0 Å². The fourth-order valence-corrected chi connectivity index (χ4v) is 4.56. The van der Waals surface area contributed by atoms with Gasteiger partial charge in [0, 0.05) is 0 Å². The molecule has 0 aliphatic heterocycles. The van der Waals surface area contributed by atoms with Crippen molar-refractivity contribution in [3.05, 3.63) is 0 Å². The molecule has 0 amide bonds. The van der Waals surface area contributed by atoms with Crippen molar-refractivity contribution >= 4 is 52.1 Å². The summed E-state index contributed by atoms with van der Waals surface area (Å²) in [5, 5.41) is 0. The minimum absolute atomic E-state index is 0.203. The standard InChI is InChI=1S/C4H8Br2O6S2/c5-4(6,3-14(10,11)12)1-2-13(7,8)9/h1-3H2,(H,7,8,9)(H,10,11,12). The van der Waals surface area contributed by atoms with Crippen LogP contribution in [-0.4, -0.2) is 40.7 Å². The molecule has 0 atom stereocenters. The van der Waals surface area contributed by atoms with Crippen LogP contribution in [0.2, 0.25) is 0 Å². The Morgan fingerprint density at radius 1 is 1.00 bits per heavy atom. The predicted octanol–water partition coefficient (Wildman–Crippen LogP) is 0.638. The highest BCUT2D eigenvalue weighted by Crippen LogP contribution is 2.31. The molecule has 0 heterocycles. The van der Waals surface area contributed by atoms with E-state index in [-0.39, 0.29) is 6.42 Å². The Balaban J connectivity index is 4.37. The minimum Gasteiger partial charge on any atom is -0.286 e. The van der Waals surface area contributed by atoms with Gasteiger partial charge in [0.05, 0.1) is 8.99 Å². The highest BCUT2D eigenvalue weighted by molar-refractivity contribution is 9.25. The largest absolute Gasteiger partial charge is 0.286 e. The lowest BCUT2D eigenvalue weighted by molar-refractivity contribution is 0.472. The van der Waals surface area contributed by atoms with Crippen LogP contribution in [0.5, 0.6) is 0 Å². The van der Waals surface area contributed by atoms with Gasteiger partial charge in [-0.3, -0.25) is 9.11 Å². The molecule has 0 aliphatic rings. The quantitative estimate of drug-likeness (QED) is 0.539. The van der Waals surface area contributed by atoms with E-state index in [0.29, 0.717) is 0 Å². The zero-order valence-electron chi connectivity index (χ0n) is 6.72. The number of hydrogen-bond donors (Lipinski definition) is 2. The first-order valence-electron chi connectivity index (χ1n) is 3.19. The highest BCUT2D eigenvalue weighted by Gasteiger charge is 2.30. The number of halogens is 2. The third kappa shape index (κ3) is 9.34. The van der Waals surface area contributed by atoms with Crippen LogP contribution in [0.1, 0.15) is 6.42 Å². The molecular weight excluding hydrogens is 368 g/mol. The van der Waals surface area contributed by atoms with Gasteiger partial charge in [0.15, 0.2) is 0 Å². The summed E-state index contributed by atoms with van der Waals surface area (Å²) in [6, 6.07) is 0. The van der Waals surface area contributed by atoms with Crippen LogP contribution in [0.4, 0.5) is 0 Å². The summed E-state index contributed by atoms with van der Waals surface area (Å²) in [5.74, 6) is -1.31. The summed E-state index contributed by atoms with van der Waals surface area (Å²) in [5.41, 5.74) is 0. The van der Waals surface area contributed by atoms with Gasteiger partial charge in [-0.15, -0.1) is 0 Å². The minimum atomic E-state index is -4.22. The van der Waals surface area contributed by atoms with Gasteiger partial charge in [0.1, 0.15) is 5.75 Å². The van der Waals surface area contributed by atoms with E-state index in [0.717, 1.165) is 0 Å². The molecule has 0 aliphatic carbocycles. The number of alkyl halides is 2. The fourth-order valence-electron chi connectivity index (χ4n) is 0.617. The monoisotopic (exact) mass is 374 g/mol. The van der Waals surface area contributed by atoms with Crippen molar-refractivity contribution in [2.24, 2.45) is 0 Å². The molecule has 10 heteroatoms. The molecule has 0 aromatic rings. The second kappa shape index (κ2) is 4.74. The molecule has 0 rings (SSSR count). The summed E-state index contributed by atoms with van der Waals surface area (Å²) in [7, 11) is -8.37. The lowest BCUT2D eigenvalue weighted by Gasteiger charge is -2.17. The van der Waals surface area contributed by atoms with Crippen molar-refractivity contribution in [1.82, 2.24) is 0 Å². The first-order chi connectivity index (χ1) is 5.91. The van der Waals surface area contributed by atoms with Gasteiger partial charge in [0.25, 0.3) is 20.2 Å². The first-order valence-corrected chi connectivity index (χ1v) is 8.00. The first kappa shape index (κ1) is 14.8. The van der Waals surface area contributed by atoms with E-state index in [2.05, 4.69) is 31.9 Å². The van der Waals surface area contributed by atoms with E-state index in [4.69, 9.17) is 9.11 Å². The second-order valence-electron chi connectivity index (χ2n) is 2.62. The Labute approximate surface area is 98.8 Å². The maximum absolute atomic E-state index is 10.5. The number of rotatable bonds is 5. The smallest absolute Gasteiger partial charge is 0.267 e. The maximum Gasteiger partial charge on any atom is 0.267 e. The zero-order chi connectivity index (χ0) is 11.6. The van der Waals surface area contributed by atoms with Crippen LogP contribution in [0.25, 0.3) is 0 Å². The van der Waals surface area contributed by atoms with Crippen molar-refractivity contribution in [2.75, 3.05) is 11.5 Å². The second-order valence-corrected chi connectivity index (χ2v) is 9.74. The van der Waals surface area contributed by atoms with Crippen LogP contribution in [0.3, 0.4) is 0 Å². The third-order valence-electron chi connectivity index (χ3n) is 1.12. The van der Waals surface area contributed by atoms with Crippen molar-refractivity contribution in [3.8, 4) is 0 Å². The average Bonchev–Trinajstić information content (AvgIpc) is 1.76. The van der Waals surface area contributed by atoms with Gasteiger partial charge >= 0.3 is 0 Å². The van der Waals surface area contributed by atoms with Crippen molar-refractivity contribution in [1.29, 1.82) is 0 Å². The fraction of sp³-hybridized carbons (Fsp3) is 1.00. The lowest BCUT2D eigenvalue weighted by atomic mass is 10.4. The van der Waals surface area contributed by atoms with E-state index in [1.165, 1.54) is 0 Å². The summed E-state index contributed by atoms with van der Waals surface area (Å²) >= 11 is 5.74. The molecule has 0 saturated heterocycles. The number of hydrogen-bond acceptors (Lipinski definition) is 4. The van der Waals surface area contributed by atoms with E-state index in [1.807, 2.05) is 0 Å². The van der Waals surface area contributed by atoms with E-state index in [1.54, 1.807) is 0 Å². The lowest BCUT2D eigenvalue weighted by Crippen LogP contribution is -2.26. The highest BCUT2D eigenvalue weighted by atomic mass is 79.9. The van der Waals surface area contributed by atoms with Gasteiger partial charge in [-0.05, 0) is 6.42 Å². The SMILES string of the molecule is O=S(=O)(O)CCC(Br)(Br)CS(=O)(=O)O. The molecule has 0 aromatic carbocycles. The summed E-state index contributed by atoms with van der Waals surface area (Å²) in [6.07, 6.45) is -0.203. The van der Waals surface area contributed by atoms with Crippen LogP contribution >= 0.6 is 31.9 Å². The van der Waals surface area contributed by atoms with Crippen LogP contribution in [0, 0.1) is 0 Å². The Kier molecular flexibility index (Phi) is 5.01. The molecule has 0 radical (unpaired) electrons. The summed E-state index contributed by atoms with van der Waals surface area (Å²) in [4.78, 5) is 0. The predicted molar refractivity (Wildman–Crippen MR) is 58.0 cm³/mol. The summed E-state index contributed by atoms with van der Waals surface area (Å²) < 4.78 is 57.2. The summed E-state index contributed by atoms with van der Waals surface area (Å²) in [6.45, 7) is 0. The normalized spacial score (nSPS) is 14.3. The molecular formula is C4H8Br2O6S2. The Bertz CT molecular complexity index is 382. The Morgan fingerprint density at radius 2 is 1.43 bits per heavy atom. The van der Waals surface area contributed by atoms with Crippen LogP contribution in [0.15, 0.2) is 0 Å². The van der Waals surface area contributed by atoms with Crippen LogP contribution < -0.4 is 0 Å². The van der Waals surface area contributed by atoms with Crippen molar-refractivity contribution in [3.63, 3.8) is 0 Å². The van der Waals surface area contributed by atoms with Gasteiger partial charge in [-0.2, -0.15) is 16.8 Å². The molecule has 0 fully saturated rings. The molecule has 2 N–H and O–H groups in total. The molecule has 0 aromatic heterocycles. The van der Waals surface area contributed by atoms with E-state index in [9.17, 15) is 16.8 Å². The molecule has 0 unspecified atom stereocenters. The van der Waals surface area contributed by atoms with Crippen molar-refractivity contribution < 1.29 is 25.9 Å². The van der Waals surface area contributed by atoms with Gasteiger partial charge in [-0.25, -0.2) is 0 Å². The van der Waals surface area contributed by atoms with Gasteiger partial charge in [0.2, 0.25) is 0 Å². The molecule has 0 bridgehead atoms. The Hall–Kier alpha value is 0.780. The molecule has 14 heavy (non-hydrogen) atoms. The van der Waals surface area contributed by atoms with Gasteiger partial charge in [-0.1, -0.05) is 31.9 Å². The Morgan fingerprint density at radius 3 is 1.71 bits per heavy atom. The van der Waals surface area contributed by atoms with E-state index < -0.39 is 35.0 Å². The average molecular weight is 376 g/mol. The van der Waals surface area contributed by atoms with Crippen LogP contribution in [-0.2, 0) is 20.2 Å². The molecule has 0 saturated carbocycles. The zero-order valence-corrected chi connectivity index (χ0v) is 11.5. The third-order valence-corrected chi connectivity index (χ3v) is 4.79. The molecule has 6 nitrogen and oxygen atoms in total. The van der Waals surface area contributed by atoms with Gasteiger partial charge < -0.3 is 0 Å². The maximum atomic E-state index is 10.5. The van der Waals surface area contributed by atoms with Crippen molar-refractivity contribution in [2.45, 2.75) is 9.65 Å². The topological polar surface area (TPSA) is 109 Å².